The fourth-order valence-corrected chi connectivity index (χ4v) is 2.04. The van der Waals surface area contributed by atoms with E-state index < -0.39 is 5.82 Å². The van der Waals surface area contributed by atoms with Gasteiger partial charge in [-0.3, -0.25) is 5.43 Å². The van der Waals surface area contributed by atoms with Crippen LogP contribution in [0.1, 0.15) is 19.3 Å². The Hall–Kier alpha value is -1.47. The molecule has 1 aromatic heterocycles. The quantitative estimate of drug-likeness (QED) is 0.452. The summed E-state index contributed by atoms with van der Waals surface area (Å²) in [6.45, 7) is 0.499. The summed E-state index contributed by atoms with van der Waals surface area (Å²) in [4.78, 5) is 7.50. The first-order valence-corrected chi connectivity index (χ1v) is 5.62. The van der Waals surface area contributed by atoms with Crippen LogP contribution in [0.2, 0.25) is 0 Å². The lowest BCUT2D eigenvalue weighted by Gasteiger charge is -2.15. The first kappa shape index (κ1) is 12.0. The number of anilines is 2. The van der Waals surface area contributed by atoms with Crippen LogP contribution in [0.4, 0.5) is 16.2 Å². The van der Waals surface area contributed by atoms with Gasteiger partial charge < -0.3 is 10.4 Å². The van der Waals surface area contributed by atoms with E-state index >= 15 is 0 Å². The third-order valence-electron chi connectivity index (χ3n) is 3.02. The van der Waals surface area contributed by atoms with Gasteiger partial charge in [-0.1, -0.05) is 6.42 Å². The number of nitrogen functional groups attached to an aromatic ring is 1. The van der Waals surface area contributed by atoms with Gasteiger partial charge in [0.25, 0.3) is 0 Å². The zero-order valence-electron chi connectivity index (χ0n) is 9.36. The van der Waals surface area contributed by atoms with Crippen LogP contribution in [0, 0.1) is 11.7 Å². The van der Waals surface area contributed by atoms with Crippen LogP contribution in [0.3, 0.4) is 0 Å². The van der Waals surface area contributed by atoms with Gasteiger partial charge in [-0.05, 0) is 12.8 Å². The predicted octanol–water partition coefficient (Wildman–Crippen LogP) is 0.474. The summed E-state index contributed by atoms with van der Waals surface area (Å²) in [5.41, 5.74) is 2.25. The zero-order chi connectivity index (χ0) is 12.3. The molecule has 0 spiro atoms. The molecule has 1 heterocycles. The highest BCUT2D eigenvalue weighted by molar-refractivity contribution is 5.40. The lowest BCUT2D eigenvalue weighted by atomic mass is 10.1. The highest BCUT2D eigenvalue weighted by atomic mass is 19.1. The number of hydrogen-bond acceptors (Lipinski definition) is 6. The van der Waals surface area contributed by atoms with Crippen molar-refractivity contribution >= 4 is 11.8 Å². The number of aliphatic hydroxyl groups is 1. The second-order valence-corrected chi connectivity index (χ2v) is 4.17. The minimum absolute atomic E-state index is 0.104. The van der Waals surface area contributed by atoms with Crippen molar-refractivity contribution < 1.29 is 9.50 Å². The molecule has 0 amide bonds. The van der Waals surface area contributed by atoms with Crippen molar-refractivity contribution in [2.24, 2.45) is 11.8 Å². The first-order chi connectivity index (χ1) is 8.20. The summed E-state index contributed by atoms with van der Waals surface area (Å²) in [6.07, 6.45) is 3.52. The van der Waals surface area contributed by atoms with E-state index in [1.165, 1.54) is 0 Å². The minimum Gasteiger partial charge on any atom is -0.393 e. The summed E-state index contributed by atoms with van der Waals surface area (Å²) in [7, 11) is 0. The Morgan fingerprint density at radius 1 is 1.53 bits per heavy atom. The first-order valence-electron chi connectivity index (χ1n) is 5.62. The molecule has 1 aromatic rings. The zero-order valence-corrected chi connectivity index (χ0v) is 9.36. The highest BCUT2D eigenvalue weighted by Gasteiger charge is 2.25. The number of aromatic nitrogens is 2. The van der Waals surface area contributed by atoms with Gasteiger partial charge in [-0.2, -0.15) is 4.98 Å². The maximum absolute atomic E-state index is 13.4. The molecule has 0 aliphatic heterocycles. The van der Waals surface area contributed by atoms with E-state index in [1.807, 2.05) is 0 Å². The number of nitrogens with zero attached hydrogens (tertiary/aromatic N) is 2. The van der Waals surface area contributed by atoms with E-state index in [0.717, 1.165) is 25.5 Å². The van der Waals surface area contributed by atoms with E-state index in [-0.39, 0.29) is 23.8 Å². The maximum Gasteiger partial charge on any atom is 0.239 e. The van der Waals surface area contributed by atoms with Crippen molar-refractivity contribution in [3.63, 3.8) is 0 Å². The maximum atomic E-state index is 13.4. The lowest BCUT2D eigenvalue weighted by molar-refractivity contribution is 0.138. The van der Waals surface area contributed by atoms with E-state index in [1.54, 1.807) is 0 Å². The number of nitrogens with one attached hydrogen (secondary N) is 2. The molecule has 94 valence electrons. The molecule has 17 heavy (non-hydrogen) atoms. The topological polar surface area (TPSA) is 96.1 Å². The third kappa shape index (κ3) is 2.80. The summed E-state index contributed by atoms with van der Waals surface area (Å²) in [5, 5.41) is 12.5. The number of rotatable bonds is 4. The largest absolute Gasteiger partial charge is 0.393 e. The molecule has 0 saturated heterocycles. The average molecular weight is 241 g/mol. The van der Waals surface area contributed by atoms with E-state index in [2.05, 4.69) is 20.7 Å². The molecular weight excluding hydrogens is 225 g/mol. The van der Waals surface area contributed by atoms with E-state index in [0.29, 0.717) is 6.54 Å². The van der Waals surface area contributed by atoms with Crippen LogP contribution in [0.15, 0.2) is 6.20 Å². The van der Waals surface area contributed by atoms with Gasteiger partial charge in [-0.15, -0.1) is 0 Å². The Labute approximate surface area is 98.4 Å². The summed E-state index contributed by atoms with van der Waals surface area (Å²) in [6, 6.07) is 0. The molecule has 0 radical (unpaired) electrons. The van der Waals surface area contributed by atoms with Gasteiger partial charge in [0, 0.05) is 12.5 Å². The fraction of sp³-hybridized carbons (Fsp3) is 0.600. The second-order valence-electron chi connectivity index (χ2n) is 4.17. The van der Waals surface area contributed by atoms with Crippen LogP contribution in [0.5, 0.6) is 0 Å². The molecule has 0 aromatic carbocycles. The average Bonchev–Trinajstić information content (AvgIpc) is 2.74. The SMILES string of the molecule is NNc1ncc(F)c(NCC2CCCC2O)n1. The number of nitrogens with two attached hydrogens (primary N) is 1. The number of aliphatic hydroxyl groups excluding tert-OH is 1. The van der Waals surface area contributed by atoms with E-state index in [9.17, 15) is 9.50 Å². The van der Waals surface area contributed by atoms with Gasteiger partial charge in [-0.25, -0.2) is 15.2 Å². The molecule has 1 aliphatic rings. The predicted molar refractivity (Wildman–Crippen MR) is 61.6 cm³/mol. The molecule has 1 aliphatic carbocycles. The van der Waals surface area contributed by atoms with Crippen molar-refractivity contribution in [2.45, 2.75) is 25.4 Å². The van der Waals surface area contributed by atoms with Crippen LogP contribution in [-0.4, -0.2) is 27.7 Å². The fourth-order valence-electron chi connectivity index (χ4n) is 2.04. The van der Waals surface area contributed by atoms with Gasteiger partial charge in [0.2, 0.25) is 5.95 Å². The van der Waals surface area contributed by atoms with Gasteiger partial charge in [0.05, 0.1) is 12.3 Å². The molecule has 2 atom stereocenters. The van der Waals surface area contributed by atoms with Crippen molar-refractivity contribution in [1.29, 1.82) is 0 Å². The van der Waals surface area contributed by atoms with Crippen molar-refractivity contribution in [3.05, 3.63) is 12.0 Å². The van der Waals surface area contributed by atoms with Crippen molar-refractivity contribution in [2.75, 3.05) is 17.3 Å². The van der Waals surface area contributed by atoms with Crippen LogP contribution in [-0.2, 0) is 0 Å². The molecule has 5 N–H and O–H groups in total. The summed E-state index contributed by atoms with van der Waals surface area (Å²) in [5.74, 6) is 5.02. The number of halogens is 1. The smallest absolute Gasteiger partial charge is 0.239 e. The monoisotopic (exact) mass is 241 g/mol. The molecule has 2 rings (SSSR count). The molecule has 1 saturated carbocycles. The Kier molecular flexibility index (Phi) is 3.70. The Bertz CT molecular complexity index is 389. The van der Waals surface area contributed by atoms with E-state index in [4.69, 9.17) is 5.84 Å². The Morgan fingerprint density at radius 2 is 2.35 bits per heavy atom. The molecule has 2 unspecified atom stereocenters. The minimum atomic E-state index is -0.531. The highest BCUT2D eigenvalue weighted by Crippen LogP contribution is 2.25. The normalized spacial score (nSPS) is 23.7. The Balaban J connectivity index is 1.98. The van der Waals surface area contributed by atoms with Crippen LogP contribution in [0.25, 0.3) is 0 Å². The lowest BCUT2D eigenvalue weighted by Crippen LogP contribution is -2.23. The van der Waals surface area contributed by atoms with Crippen molar-refractivity contribution in [3.8, 4) is 0 Å². The molecule has 7 heteroatoms. The van der Waals surface area contributed by atoms with Crippen molar-refractivity contribution in [1.82, 2.24) is 9.97 Å². The molecule has 1 fully saturated rings. The van der Waals surface area contributed by atoms with Gasteiger partial charge in [0.15, 0.2) is 11.6 Å². The standard InChI is InChI=1S/C10H16FN5O/c11-7-5-14-10(16-12)15-9(7)13-4-6-2-1-3-8(6)17/h5-6,8,17H,1-4,12H2,(H2,13,14,15,16). The number of hydrazine groups is 1. The third-order valence-corrected chi connectivity index (χ3v) is 3.02. The summed E-state index contributed by atoms with van der Waals surface area (Å²) >= 11 is 0. The van der Waals surface area contributed by atoms with Gasteiger partial charge >= 0.3 is 0 Å². The molecule has 6 nitrogen and oxygen atoms in total. The Morgan fingerprint density at radius 3 is 3.00 bits per heavy atom. The number of hydrogen-bond donors (Lipinski definition) is 4. The van der Waals surface area contributed by atoms with Crippen LogP contribution < -0.4 is 16.6 Å². The molecular formula is C10H16FN5O. The molecule has 0 bridgehead atoms. The second kappa shape index (κ2) is 5.24. The summed E-state index contributed by atoms with van der Waals surface area (Å²) < 4.78 is 13.4. The van der Waals surface area contributed by atoms with Gasteiger partial charge in [0.1, 0.15) is 0 Å². The van der Waals surface area contributed by atoms with Crippen LogP contribution >= 0.6 is 0 Å².